The fourth-order valence-electron chi connectivity index (χ4n) is 1.26. The van der Waals surface area contributed by atoms with Crippen molar-refractivity contribution in [3.05, 3.63) is 23.8 Å². The second-order valence-electron chi connectivity index (χ2n) is 3.27. The monoisotopic (exact) mass is 211 g/mol. The number of nitrogens with one attached hydrogen (secondary N) is 1. The summed E-state index contributed by atoms with van der Waals surface area (Å²) >= 11 is 0. The minimum Gasteiger partial charge on any atom is -0.508 e. The summed E-state index contributed by atoms with van der Waals surface area (Å²) in [6.45, 7) is 1.37. The van der Waals surface area contributed by atoms with Gasteiger partial charge in [0.05, 0.1) is 6.61 Å². The molecule has 0 bridgehead atoms. The first-order chi connectivity index (χ1) is 7.27. The SMILES string of the molecule is COCCCNc1ccc(CO)c(O)c1. The van der Waals surface area contributed by atoms with Gasteiger partial charge in [0.1, 0.15) is 5.75 Å². The van der Waals surface area contributed by atoms with Gasteiger partial charge in [0.15, 0.2) is 0 Å². The molecule has 0 fully saturated rings. The smallest absolute Gasteiger partial charge is 0.123 e. The van der Waals surface area contributed by atoms with Crippen molar-refractivity contribution in [2.75, 3.05) is 25.6 Å². The van der Waals surface area contributed by atoms with E-state index in [0.29, 0.717) is 12.2 Å². The third-order valence-electron chi connectivity index (χ3n) is 2.11. The van der Waals surface area contributed by atoms with E-state index in [4.69, 9.17) is 9.84 Å². The van der Waals surface area contributed by atoms with E-state index in [1.165, 1.54) is 0 Å². The maximum absolute atomic E-state index is 9.47. The van der Waals surface area contributed by atoms with Crippen LogP contribution in [0.1, 0.15) is 12.0 Å². The van der Waals surface area contributed by atoms with Crippen molar-refractivity contribution in [2.45, 2.75) is 13.0 Å². The Balaban J connectivity index is 2.45. The highest BCUT2D eigenvalue weighted by Crippen LogP contribution is 2.21. The highest BCUT2D eigenvalue weighted by atomic mass is 16.5. The molecular weight excluding hydrogens is 194 g/mol. The fraction of sp³-hybridized carbons (Fsp3) is 0.455. The van der Waals surface area contributed by atoms with Crippen molar-refractivity contribution >= 4 is 5.69 Å². The summed E-state index contributed by atoms with van der Waals surface area (Å²) < 4.78 is 4.92. The van der Waals surface area contributed by atoms with E-state index in [-0.39, 0.29) is 12.4 Å². The van der Waals surface area contributed by atoms with Crippen molar-refractivity contribution < 1.29 is 14.9 Å². The van der Waals surface area contributed by atoms with Gasteiger partial charge in [-0.1, -0.05) is 6.07 Å². The van der Waals surface area contributed by atoms with Crippen LogP contribution in [0.25, 0.3) is 0 Å². The molecule has 0 aromatic heterocycles. The molecule has 0 aliphatic heterocycles. The molecule has 0 aliphatic rings. The van der Waals surface area contributed by atoms with Gasteiger partial charge in [-0.15, -0.1) is 0 Å². The molecule has 4 heteroatoms. The van der Waals surface area contributed by atoms with Gasteiger partial charge in [0.2, 0.25) is 0 Å². The Bertz CT molecular complexity index is 302. The Labute approximate surface area is 89.5 Å². The van der Waals surface area contributed by atoms with Crippen LogP contribution >= 0.6 is 0 Å². The average molecular weight is 211 g/mol. The van der Waals surface area contributed by atoms with Crippen LogP contribution in [-0.4, -0.2) is 30.5 Å². The summed E-state index contributed by atoms with van der Waals surface area (Å²) in [5.41, 5.74) is 1.39. The summed E-state index contributed by atoms with van der Waals surface area (Å²) in [7, 11) is 1.67. The number of hydrogen-bond donors (Lipinski definition) is 3. The van der Waals surface area contributed by atoms with Gasteiger partial charge >= 0.3 is 0 Å². The second-order valence-corrected chi connectivity index (χ2v) is 3.27. The Morgan fingerprint density at radius 3 is 2.80 bits per heavy atom. The van der Waals surface area contributed by atoms with Crippen LogP contribution in [-0.2, 0) is 11.3 Å². The average Bonchev–Trinajstić information content (AvgIpc) is 2.25. The molecule has 0 atom stereocenters. The molecule has 1 rings (SSSR count). The number of rotatable bonds is 6. The maximum atomic E-state index is 9.47. The number of hydrogen-bond acceptors (Lipinski definition) is 4. The Morgan fingerprint density at radius 1 is 1.40 bits per heavy atom. The van der Waals surface area contributed by atoms with Gasteiger partial charge in [-0.2, -0.15) is 0 Å². The number of phenols is 1. The van der Waals surface area contributed by atoms with Gasteiger partial charge < -0.3 is 20.3 Å². The zero-order chi connectivity index (χ0) is 11.1. The van der Waals surface area contributed by atoms with E-state index in [1.54, 1.807) is 19.2 Å². The number of aliphatic hydroxyl groups excluding tert-OH is 1. The maximum Gasteiger partial charge on any atom is 0.123 e. The van der Waals surface area contributed by atoms with Crippen LogP contribution in [0.4, 0.5) is 5.69 Å². The van der Waals surface area contributed by atoms with Crippen molar-refractivity contribution in [1.29, 1.82) is 0 Å². The highest BCUT2D eigenvalue weighted by Gasteiger charge is 2.00. The molecule has 0 radical (unpaired) electrons. The molecule has 1 aromatic rings. The fourth-order valence-corrected chi connectivity index (χ4v) is 1.26. The Kier molecular flexibility index (Phi) is 4.93. The van der Waals surface area contributed by atoms with Gasteiger partial charge in [-0.25, -0.2) is 0 Å². The van der Waals surface area contributed by atoms with E-state index in [2.05, 4.69) is 5.32 Å². The third-order valence-corrected chi connectivity index (χ3v) is 2.11. The zero-order valence-corrected chi connectivity index (χ0v) is 8.86. The van der Waals surface area contributed by atoms with Gasteiger partial charge in [0, 0.05) is 37.6 Å². The lowest BCUT2D eigenvalue weighted by Crippen LogP contribution is -2.04. The summed E-state index contributed by atoms with van der Waals surface area (Å²) in [6, 6.07) is 5.14. The molecule has 15 heavy (non-hydrogen) atoms. The predicted molar refractivity (Wildman–Crippen MR) is 59.0 cm³/mol. The van der Waals surface area contributed by atoms with Crippen LogP contribution in [0, 0.1) is 0 Å². The van der Waals surface area contributed by atoms with Crippen LogP contribution < -0.4 is 5.32 Å². The molecule has 3 N–H and O–H groups in total. The van der Waals surface area contributed by atoms with Crippen LogP contribution in [0.5, 0.6) is 5.75 Å². The normalized spacial score (nSPS) is 10.3. The third kappa shape index (κ3) is 3.77. The molecule has 0 heterocycles. The number of ether oxygens (including phenoxy) is 1. The molecule has 0 aliphatic carbocycles. The zero-order valence-electron chi connectivity index (χ0n) is 8.86. The lowest BCUT2D eigenvalue weighted by Gasteiger charge is -2.08. The van der Waals surface area contributed by atoms with E-state index in [0.717, 1.165) is 18.7 Å². The van der Waals surface area contributed by atoms with Crippen LogP contribution in [0.15, 0.2) is 18.2 Å². The van der Waals surface area contributed by atoms with Crippen molar-refractivity contribution in [3.8, 4) is 5.75 Å². The molecule has 0 unspecified atom stereocenters. The molecule has 0 saturated heterocycles. The largest absolute Gasteiger partial charge is 0.508 e. The summed E-state index contributed by atoms with van der Waals surface area (Å²) in [5.74, 6) is 0.120. The number of aliphatic hydroxyl groups is 1. The quantitative estimate of drug-likeness (QED) is 0.621. The topological polar surface area (TPSA) is 61.7 Å². The highest BCUT2D eigenvalue weighted by molar-refractivity contribution is 5.51. The molecule has 0 saturated carbocycles. The van der Waals surface area contributed by atoms with E-state index in [9.17, 15) is 5.11 Å². The number of methoxy groups -OCH3 is 1. The summed E-state index contributed by atoms with van der Waals surface area (Å²) in [5, 5.41) is 21.5. The first kappa shape index (κ1) is 11.8. The molecule has 84 valence electrons. The molecule has 0 amide bonds. The van der Waals surface area contributed by atoms with Crippen LogP contribution in [0.3, 0.4) is 0 Å². The molecule has 0 spiro atoms. The summed E-state index contributed by atoms with van der Waals surface area (Å²) in [6.07, 6.45) is 0.916. The van der Waals surface area contributed by atoms with Crippen molar-refractivity contribution in [1.82, 2.24) is 0 Å². The van der Waals surface area contributed by atoms with Gasteiger partial charge in [-0.3, -0.25) is 0 Å². The van der Waals surface area contributed by atoms with Crippen molar-refractivity contribution in [2.24, 2.45) is 0 Å². The van der Waals surface area contributed by atoms with Gasteiger partial charge in [-0.05, 0) is 12.5 Å². The van der Waals surface area contributed by atoms with Crippen molar-refractivity contribution in [3.63, 3.8) is 0 Å². The minimum atomic E-state index is -0.143. The second kappa shape index (κ2) is 6.27. The van der Waals surface area contributed by atoms with E-state index >= 15 is 0 Å². The number of benzene rings is 1. The first-order valence-electron chi connectivity index (χ1n) is 4.93. The standard InChI is InChI=1S/C11H17NO3/c1-15-6-2-5-12-10-4-3-9(8-13)11(14)7-10/h3-4,7,12-14H,2,5-6,8H2,1H3. The lowest BCUT2D eigenvalue weighted by atomic mass is 10.2. The van der Waals surface area contributed by atoms with Crippen LogP contribution in [0.2, 0.25) is 0 Å². The minimum absolute atomic E-state index is 0.120. The Morgan fingerprint density at radius 2 is 2.20 bits per heavy atom. The predicted octanol–water partition coefficient (Wildman–Crippen LogP) is 1.33. The van der Waals surface area contributed by atoms with E-state index in [1.807, 2.05) is 6.07 Å². The molecular formula is C11H17NO3. The van der Waals surface area contributed by atoms with Gasteiger partial charge in [0.25, 0.3) is 0 Å². The van der Waals surface area contributed by atoms with E-state index < -0.39 is 0 Å². The number of anilines is 1. The Hall–Kier alpha value is -1.26. The molecule has 1 aromatic carbocycles. The summed E-state index contributed by atoms with van der Waals surface area (Å²) in [4.78, 5) is 0. The number of aromatic hydroxyl groups is 1. The lowest BCUT2D eigenvalue weighted by molar-refractivity contribution is 0.198. The first-order valence-corrected chi connectivity index (χ1v) is 4.93. The molecule has 4 nitrogen and oxygen atoms in total.